The topological polar surface area (TPSA) is 157 Å². The van der Waals surface area contributed by atoms with Crippen LogP contribution in [0, 0.1) is 11.8 Å². The van der Waals surface area contributed by atoms with Crippen LogP contribution in [0.5, 0.6) is 5.75 Å². The lowest BCUT2D eigenvalue weighted by atomic mass is 9.92. The first kappa shape index (κ1) is 34.5. The van der Waals surface area contributed by atoms with Gasteiger partial charge in [-0.05, 0) is 67.3 Å². The summed E-state index contributed by atoms with van der Waals surface area (Å²) in [5.41, 5.74) is 1.29. The lowest BCUT2D eigenvalue weighted by molar-refractivity contribution is -0.139. The number of nitrogens with one attached hydrogen (secondary N) is 4. The van der Waals surface area contributed by atoms with Crippen LogP contribution in [0.4, 0.5) is 0 Å². The van der Waals surface area contributed by atoms with Crippen LogP contribution in [0.1, 0.15) is 75.2 Å². The summed E-state index contributed by atoms with van der Waals surface area (Å²) in [6, 6.07) is 13.2. The Balaban J connectivity index is 1.50. The second-order valence-electron chi connectivity index (χ2n) is 13.0. The third kappa shape index (κ3) is 9.79. The fourth-order valence-electron chi connectivity index (χ4n) is 6.10. The first-order valence-corrected chi connectivity index (χ1v) is 16.3. The van der Waals surface area contributed by atoms with Crippen molar-refractivity contribution >= 4 is 29.5 Å². The number of hydrogen-bond donors (Lipinski definition) is 5. The van der Waals surface area contributed by atoms with E-state index in [-0.39, 0.29) is 85.5 Å². The van der Waals surface area contributed by atoms with Gasteiger partial charge >= 0.3 is 0 Å². The zero-order chi connectivity index (χ0) is 33.2. The second kappa shape index (κ2) is 16.2. The van der Waals surface area contributed by atoms with Gasteiger partial charge in [0.25, 0.3) is 5.91 Å². The molecule has 5 N–H and O–H groups in total. The van der Waals surface area contributed by atoms with Crippen LogP contribution in [-0.4, -0.2) is 76.8 Å². The van der Waals surface area contributed by atoms with Crippen LogP contribution in [0.15, 0.2) is 54.6 Å². The number of phenols is 1. The lowest BCUT2D eigenvalue weighted by Gasteiger charge is -2.29. The number of hydrogen-bond acceptors (Lipinski definition) is 6. The minimum atomic E-state index is -0.821. The Morgan fingerprint density at radius 3 is 2.39 bits per heavy atom. The van der Waals surface area contributed by atoms with E-state index in [1.807, 2.05) is 26.8 Å². The Morgan fingerprint density at radius 1 is 0.978 bits per heavy atom. The van der Waals surface area contributed by atoms with Crippen LogP contribution in [0.2, 0.25) is 0 Å². The van der Waals surface area contributed by atoms with Crippen molar-refractivity contribution in [3.05, 3.63) is 65.7 Å². The molecule has 11 nitrogen and oxygen atoms in total. The van der Waals surface area contributed by atoms with Gasteiger partial charge in [-0.15, -0.1) is 0 Å². The van der Waals surface area contributed by atoms with Gasteiger partial charge in [0, 0.05) is 50.0 Å². The molecule has 2 aliphatic heterocycles. The maximum atomic E-state index is 13.7. The molecule has 0 radical (unpaired) electrons. The van der Waals surface area contributed by atoms with Gasteiger partial charge in [0.2, 0.25) is 23.6 Å². The molecule has 0 aliphatic carbocycles. The normalized spacial score (nSPS) is 25.5. The van der Waals surface area contributed by atoms with Crippen molar-refractivity contribution in [2.45, 2.75) is 89.9 Å². The van der Waals surface area contributed by atoms with E-state index in [1.165, 1.54) is 12.1 Å². The minimum absolute atomic E-state index is 0.00319. The zero-order valence-corrected chi connectivity index (χ0v) is 27.0. The van der Waals surface area contributed by atoms with Gasteiger partial charge in [0.15, 0.2) is 0 Å². The Hall–Kier alpha value is -4.41. The summed E-state index contributed by atoms with van der Waals surface area (Å²) in [4.78, 5) is 67.9. The number of amides is 5. The van der Waals surface area contributed by atoms with E-state index in [0.717, 1.165) is 5.56 Å². The molecule has 2 saturated heterocycles. The van der Waals surface area contributed by atoms with Gasteiger partial charge in [-0.2, -0.15) is 0 Å². The highest BCUT2D eigenvalue weighted by Crippen LogP contribution is 2.23. The number of phenolic OH excluding ortho intramolecular Hbond substituents is 1. The quantitative estimate of drug-likeness (QED) is 0.341. The van der Waals surface area contributed by atoms with Gasteiger partial charge < -0.3 is 31.3 Å². The molecule has 0 unspecified atom stereocenters. The highest BCUT2D eigenvalue weighted by atomic mass is 16.3. The molecule has 248 valence electrons. The summed E-state index contributed by atoms with van der Waals surface area (Å²) in [7, 11) is 0. The first-order chi connectivity index (χ1) is 22.0. The van der Waals surface area contributed by atoms with Crippen molar-refractivity contribution in [3.8, 4) is 5.75 Å². The van der Waals surface area contributed by atoms with Crippen molar-refractivity contribution < 1.29 is 29.1 Å². The molecular formula is C35H47N5O6. The third-order valence-electron chi connectivity index (χ3n) is 8.83. The summed E-state index contributed by atoms with van der Waals surface area (Å²) in [5, 5.41) is 21.6. The number of benzene rings is 2. The van der Waals surface area contributed by atoms with Gasteiger partial charge in [-0.3, -0.25) is 24.0 Å². The van der Waals surface area contributed by atoms with E-state index >= 15 is 0 Å². The van der Waals surface area contributed by atoms with E-state index in [2.05, 4.69) is 21.3 Å². The molecule has 0 bridgehead atoms. The van der Waals surface area contributed by atoms with E-state index in [4.69, 9.17) is 0 Å². The summed E-state index contributed by atoms with van der Waals surface area (Å²) in [6.07, 6.45) is 2.53. The number of fused-ring (bicyclic) bond motifs is 1. The fraction of sp³-hybridized carbons (Fsp3) is 0.514. The van der Waals surface area contributed by atoms with Crippen LogP contribution in [-0.2, 0) is 25.6 Å². The first-order valence-electron chi connectivity index (χ1n) is 16.3. The van der Waals surface area contributed by atoms with Crippen molar-refractivity contribution in [2.75, 3.05) is 13.1 Å². The van der Waals surface area contributed by atoms with Crippen LogP contribution < -0.4 is 21.3 Å². The van der Waals surface area contributed by atoms with Crippen molar-refractivity contribution in [1.29, 1.82) is 0 Å². The van der Waals surface area contributed by atoms with Crippen LogP contribution in [0.3, 0.4) is 0 Å². The monoisotopic (exact) mass is 633 g/mol. The minimum Gasteiger partial charge on any atom is -0.508 e. The highest BCUT2D eigenvalue weighted by Gasteiger charge is 2.40. The van der Waals surface area contributed by atoms with Gasteiger partial charge in [0.05, 0.1) is 0 Å². The van der Waals surface area contributed by atoms with Gasteiger partial charge in [-0.25, -0.2) is 0 Å². The van der Waals surface area contributed by atoms with Crippen molar-refractivity contribution in [2.24, 2.45) is 11.8 Å². The molecule has 2 aromatic rings. The Kier molecular flexibility index (Phi) is 12.2. The Morgan fingerprint density at radius 2 is 1.70 bits per heavy atom. The Bertz CT molecular complexity index is 1370. The van der Waals surface area contributed by atoms with Gasteiger partial charge in [-0.1, -0.05) is 51.1 Å². The van der Waals surface area contributed by atoms with E-state index < -0.39 is 18.1 Å². The number of rotatable bonds is 5. The molecule has 5 atom stereocenters. The molecule has 0 aromatic heterocycles. The molecular weight excluding hydrogens is 586 g/mol. The van der Waals surface area contributed by atoms with E-state index in [1.54, 1.807) is 41.3 Å². The van der Waals surface area contributed by atoms with E-state index in [9.17, 15) is 29.1 Å². The summed E-state index contributed by atoms with van der Waals surface area (Å²) in [6.45, 7) is 6.45. The third-order valence-corrected chi connectivity index (χ3v) is 8.83. The smallest absolute Gasteiger partial charge is 0.251 e. The maximum Gasteiger partial charge on any atom is 0.251 e. The average Bonchev–Trinajstić information content (AvgIpc) is 3.45. The van der Waals surface area contributed by atoms with Crippen LogP contribution in [0.25, 0.3) is 0 Å². The standard InChI is InChI=1S/C35H47N5O6/c1-22(2)28-16-11-23(3)18-31(42)38-29(19-24-12-14-27(41)15-13-24)34(45)36-17-7-10-32(43)40-21-26(20-30(40)35(46)39-28)37-33(44)25-8-5-4-6-9-25/h4-6,8-9,12-15,22-23,26,28-30,41H,7,10-11,16-21H2,1-3H3,(H,36,45)(H,37,44)(H,38,42)(H,39,46)/t23-,26-,28+,29+,30+/m1/s1. The van der Waals surface area contributed by atoms with Crippen LogP contribution >= 0.6 is 0 Å². The summed E-state index contributed by atoms with van der Waals surface area (Å²) in [5.74, 6) is -1.10. The fourth-order valence-corrected chi connectivity index (χ4v) is 6.10. The molecule has 0 saturated carbocycles. The molecule has 46 heavy (non-hydrogen) atoms. The maximum absolute atomic E-state index is 13.7. The highest BCUT2D eigenvalue weighted by molar-refractivity contribution is 5.95. The van der Waals surface area contributed by atoms with Crippen molar-refractivity contribution in [3.63, 3.8) is 0 Å². The summed E-state index contributed by atoms with van der Waals surface area (Å²) < 4.78 is 0. The number of carbonyl (C=O) groups excluding carboxylic acids is 5. The zero-order valence-electron chi connectivity index (χ0n) is 27.0. The number of nitrogens with zero attached hydrogens (tertiary/aromatic N) is 1. The molecule has 5 amide bonds. The molecule has 4 rings (SSSR count). The predicted molar refractivity (Wildman–Crippen MR) is 174 cm³/mol. The average molecular weight is 634 g/mol. The molecule has 0 spiro atoms. The van der Waals surface area contributed by atoms with Gasteiger partial charge in [0.1, 0.15) is 17.8 Å². The molecule has 2 aliphatic rings. The Labute approximate surface area is 270 Å². The molecule has 11 heteroatoms. The largest absolute Gasteiger partial charge is 0.508 e. The summed E-state index contributed by atoms with van der Waals surface area (Å²) >= 11 is 0. The second-order valence-corrected chi connectivity index (χ2v) is 13.0. The molecule has 2 heterocycles. The van der Waals surface area contributed by atoms with Crippen molar-refractivity contribution in [1.82, 2.24) is 26.2 Å². The number of aromatic hydroxyl groups is 1. The predicted octanol–water partition coefficient (Wildman–Crippen LogP) is 2.68. The van der Waals surface area contributed by atoms with E-state index in [0.29, 0.717) is 31.2 Å². The molecule has 2 fully saturated rings. The lowest BCUT2D eigenvalue weighted by Crippen LogP contribution is -2.50. The molecule has 2 aromatic carbocycles. The number of carbonyl (C=O) groups is 5. The SMILES string of the molecule is CC(C)[C@@H]1CC[C@@H](C)CC(=O)N[C@@H](Cc2ccc(O)cc2)C(=O)NCCCC(=O)N2C[C@H](NC(=O)c3ccccc3)C[C@H]2C(=O)N1.